The summed E-state index contributed by atoms with van der Waals surface area (Å²) in [4.78, 5) is 30.3. The summed E-state index contributed by atoms with van der Waals surface area (Å²) in [5.41, 5.74) is 1.42. The molecule has 0 radical (unpaired) electrons. The highest BCUT2D eigenvalue weighted by molar-refractivity contribution is 6.05. The van der Waals surface area contributed by atoms with Gasteiger partial charge in [-0.2, -0.15) is 0 Å². The lowest BCUT2D eigenvalue weighted by Crippen LogP contribution is -2.42. The molecule has 1 amide bonds. The molecule has 8 heteroatoms. The molecule has 0 bridgehead atoms. The van der Waals surface area contributed by atoms with E-state index in [1.165, 1.54) is 6.33 Å². The molecule has 0 aliphatic carbocycles. The Kier molecular flexibility index (Phi) is 4.39. The van der Waals surface area contributed by atoms with Crippen LogP contribution in [-0.2, 0) is 0 Å². The number of H-pyrrole nitrogens is 1. The zero-order chi connectivity index (χ0) is 17.9. The minimum atomic E-state index is 0.0476. The second kappa shape index (κ2) is 6.99. The first-order valence-electron chi connectivity index (χ1n) is 8.58. The Morgan fingerprint density at radius 1 is 1.31 bits per heavy atom. The van der Waals surface area contributed by atoms with Gasteiger partial charge >= 0.3 is 0 Å². The van der Waals surface area contributed by atoms with Crippen molar-refractivity contribution < 1.29 is 9.53 Å². The maximum absolute atomic E-state index is 12.8. The van der Waals surface area contributed by atoms with Crippen LogP contribution in [0.5, 0.6) is 5.88 Å². The van der Waals surface area contributed by atoms with Crippen LogP contribution in [0.3, 0.4) is 0 Å². The van der Waals surface area contributed by atoms with Gasteiger partial charge in [-0.15, -0.1) is 0 Å². The van der Waals surface area contributed by atoms with Crippen LogP contribution in [-0.4, -0.2) is 57.0 Å². The normalized spacial score (nSPS) is 15.2. The monoisotopic (exact) mass is 352 g/mol. The number of aromatic amines is 1. The lowest BCUT2D eigenvalue weighted by Gasteiger charge is -2.32. The Bertz CT molecular complexity index is 917. The first-order chi connectivity index (χ1) is 12.7. The first-order valence-corrected chi connectivity index (χ1v) is 8.58. The summed E-state index contributed by atoms with van der Waals surface area (Å²) in [6, 6.07) is 5.81. The number of anilines is 1. The molecule has 26 heavy (non-hydrogen) atoms. The largest absolute Gasteiger partial charge is 0.481 e. The molecular formula is C18H20N6O2. The van der Waals surface area contributed by atoms with Crippen molar-refractivity contribution in [1.29, 1.82) is 0 Å². The van der Waals surface area contributed by atoms with Crippen molar-refractivity contribution in [3.63, 3.8) is 0 Å². The van der Waals surface area contributed by atoms with Crippen molar-refractivity contribution in [1.82, 2.24) is 24.8 Å². The number of nitrogens with zero attached hydrogens (tertiary/aromatic N) is 4. The molecule has 134 valence electrons. The molecule has 0 saturated carbocycles. The summed E-state index contributed by atoms with van der Waals surface area (Å²) in [6.07, 6.45) is 6.66. The smallest absolute Gasteiger partial charge is 0.256 e. The number of fused-ring (bicyclic) bond motifs is 1. The molecule has 2 N–H and O–H groups in total. The molecule has 4 heterocycles. The maximum Gasteiger partial charge on any atom is 0.256 e. The van der Waals surface area contributed by atoms with Crippen LogP contribution in [0.2, 0.25) is 0 Å². The molecule has 3 aromatic rings. The highest BCUT2D eigenvalue weighted by atomic mass is 16.5. The van der Waals surface area contributed by atoms with Crippen LogP contribution in [0.15, 0.2) is 36.9 Å². The number of piperidine rings is 1. The van der Waals surface area contributed by atoms with Gasteiger partial charge < -0.3 is 19.9 Å². The Hall–Kier alpha value is -3.16. The fourth-order valence-corrected chi connectivity index (χ4v) is 3.27. The van der Waals surface area contributed by atoms with Gasteiger partial charge in [-0.05, 0) is 25.0 Å². The summed E-state index contributed by atoms with van der Waals surface area (Å²) in [6.45, 7) is 1.40. The number of pyridine rings is 1. The lowest BCUT2D eigenvalue weighted by atomic mass is 10.0. The highest BCUT2D eigenvalue weighted by Gasteiger charge is 2.25. The molecule has 1 fully saturated rings. The molecule has 0 atom stereocenters. The van der Waals surface area contributed by atoms with Crippen molar-refractivity contribution in [2.45, 2.75) is 18.9 Å². The number of ether oxygens (including phenoxy) is 1. The molecule has 1 aliphatic rings. The Balaban J connectivity index is 1.39. The molecule has 0 unspecified atom stereocenters. The van der Waals surface area contributed by atoms with E-state index in [1.807, 2.05) is 17.0 Å². The van der Waals surface area contributed by atoms with Crippen LogP contribution < -0.4 is 10.1 Å². The average Bonchev–Trinajstić information content (AvgIpc) is 3.12. The molecular weight excluding hydrogens is 332 g/mol. The number of carbonyl (C=O) groups excluding carboxylic acids is 1. The van der Waals surface area contributed by atoms with Gasteiger partial charge in [0.15, 0.2) is 0 Å². The van der Waals surface area contributed by atoms with Crippen LogP contribution in [0, 0.1) is 0 Å². The standard InChI is InChI=1S/C18H20N6O2/c1-26-16-9-15(21-11-22-16)23-12-4-7-24(8-5-12)18(25)14-10-20-17-13(14)3-2-6-19-17/h2-3,6,9-12H,4-5,7-8H2,1H3,(H,19,20)(H,21,22,23). The minimum Gasteiger partial charge on any atom is -0.481 e. The number of aromatic nitrogens is 4. The average molecular weight is 352 g/mol. The van der Waals surface area contributed by atoms with Gasteiger partial charge in [0.2, 0.25) is 5.88 Å². The fraction of sp³-hybridized carbons (Fsp3) is 0.333. The second-order valence-corrected chi connectivity index (χ2v) is 6.26. The number of rotatable bonds is 4. The van der Waals surface area contributed by atoms with Crippen molar-refractivity contribution in [3.8, 4) is 5.88 Å². The van der Waals surface area contributed by atoms with E-state index in [4.69, 9.17) is 4.74 Å². The van der Waals surface area contributed by atoms with Gasteiger partial charge in [0.25, 0.3) is 5.91 Å². The van der Waals surface area contributed by atoms with Crippen molar-refractivity contribution in [2.75, 3.05) is 25.5 Å². The number of hydrogen-bond donors (Lipinski definition) is 2. The Labute approximate surface area is 150 Å². The predicted octanol–water partition coefficient (Wildman–Crippen LogP) is 2.08. The number of carbonyl (C=O) groups is 1. The number of amides is 1. The maximum atomic E-state index is 12.8. The summed E-state index contributed by atoms with van der Waals surface area (Å²) >= 11 is 0. The quantitative estimate of drug-likeness (QED) is 0.746. The zero-order valence-corrected chi connectivity index (χ0v) is 14.5. The Morgan fingerprint density at radius 2 is 2.15 bits per heavy atom. The van der Waals surface area contributed by atoms with Crippen LogP contribution >= 0.6 is 0 Å². The van der Waals surface area contributed by atoms with Gasteiger partial charge in [0.05, 0.1) is 12.7 Å². The van der Waals surface area contributed by atoms with Gasteiger partial charge in [-0.25, -0.2) is 15.0 Å². The van der Waals surface area contributed by atoms with E-state index in [2.05, 4.69) is 25.3 Å². The topological polar surface area (TPSA) is 96.0 Å². The van der Waals surface area contributed by atoms with Gasteiger partial charge in [-0.3, -0.25) is 4.79 Å². The summed E-state index contributed by atoms with van der Waals surface area (Å²) in [5.74, 6) is 1.32. The zero-order valence-electron chi connectivity index (χ0n) is 14.5. The van der Waals surface area contributed by atoms with E-state index in [-0.39, 0.29) is 11.9 Å². The highest BCUT2D eigenvalue weighted by Crippen LogP contribution is 2.22. The summed E-state index contributed by atoms with van der Waals surface area (Å²) < 4.78 is 5.12. The van der Waals surface area contributed by atoms with E-state index < -0.39 is 0 Å². The third-order valence-corrected chi connectivity index (χ3v) is 4.67. The van der Waals surface area contributed by atoms with E-state index in [0.29, 0.717) is 24.5 Å². The van der Waals surface area contributed by atoms with E-state index in [1.54, 1.807) is 25.6 Å². The first kappa shape index (κ1) is 16.3. The molecule has 3 aromatic heterocycles. The van der Waals surface area contributed by atoms with Crippen LogP contribution in [0.1, 0.15) is 23.2 Å². The third-order valence-electron chi connectivity index (χ3n) is 4.67. The third kappa shape index (κ3) is 3.17. The molecule has 4 rings (SSSR count). The van der Waals surface area contributed by atoms with Gasteiger partial charge in [0, 0.05) is 43.0 Å². The van der Waals surface area contributed by atoms with E-state index in [0.717, 1.165) is 29.7 Å². The molecule has 1 aliphatic heterocycles. The number of nitrogens with one attached hydrogen (secondary N) is 2. The molecule has 8 nitrogen and oxygen atoms in total. The van der Waals surface area contributed by atoms with Crippen molar-refractivity contribution >= 4 is 22.8 Å². The van der Waals surface area contributed by atoms with Crippen LogP contribution in [0.25, 0.3) is 11.0 Å². The lowest BCUT2D eigenvalue weighted by molar-refractivity contribution is 0.0720. The Morgan fingerprint density at radius 3 is 2.96 bits per heavy atom. The number of methoxy groups -OCH3 is 1. The van der Waals surface area contributed by atoms with E-state index >= 15 is 0 Å². The van der Waals surface area contributed by atoms with Gasteiger partial charge in [-0.1, -0.05) is 0 Å². The molecule has 0 spiro atoms. The van der Waals surface area contributed by atoms with Crippen molar-refractivity contribution in [2.24, 2.45) is 0 Å². The summed E-state index contributed by atoms with van der Waals surface area (Å²) in [7, 11) is 1.58. The number of hydrogen-bond acceptors (Lipinski definition) is 6. The van der Waals surface area contributed by atoms with Crippen molar-refractivity contribution in [3.05, 3.63) is 42.5 Å². The SMILES string of the molecule is COc1cc(NC2CCN(C(=O)c3c[nH]c4ncccc34)CC2)ncn1. The molecule has 0 aromatic carbocycles. The molecule has 1 saturated heterocycles. The fourth-order valence-electron chi connectivity index (χ4n) is 3.27. The van der Waals surface area contributed by atoms with Gasteiger partial charge in [0.1, 0.15) is 17.8 Å². The minimum absolute atomic E-state index is 0.0476. The van der Waals surface area contributed by atoms with Crippen LogP contribution in [0.4, 0.5) is 5.82 Å². The second-order valence-electron chi connectivity index (χ2n) is 6.26. The predicted molar refractivity (Wildman–Crippen MR) is 97.2 cm³/mol. The summed E-state index contributed by atoms with van der Waals surface area (Å²) in [5, 5.41) is 4.26. The number of likely N-dealkylation sites (tertiary alicyclic amines) is 1. The van der Waals surface area contributed by atoms with E-state index in [9.17, 15) is 4.79 Å².